The minimum Gasteiger partial charge on any atom is -0.432 e. The fraction of sp³-hybridized carbons (Fsp3) is 0.385. The lowest BCUT2D eigenvalue weighted by Gasteiger charge is -2.44. The number of hydrogen-bond acceptors (Lipinski definition) is 3. The fourth-order valence-corrected chi connectivity index (χ4v) is 2.48. The summed E-state index contributed by atoms with van der Waals surface area (Å²) in [4.78, 5) is 15.9. The van der Waals surface area contributed by atoms with Crippen molar-refractivity contribution >= 4 is 17.0 Å². The summed E-state index contributed by atoms with van der Waals surface area (Å²) in [6.45, 7) is 1.59. The largest absolute Gasteiger partial charge is 0.432 e. The Morgan fingerprint density at radius 3 is 2.68 bits per heavy atom. The number of fused-ring (bicyclic) bond motifs is 1. The van der Waals surface area contributed by atoms with Crippen molar-refractivity contribution in [2.45, 2.75) is 31.2 Å². The highest BCUT2D eigenvalue weighted by Crippen LogP contribution is 2.45. The maximum atomic E-state index is 12.9. The van der Waals surface area contributed by atoms with Gasteiger partial charge in [0.2, 0.25) is 0 Å². The average Bonchev–Trinajstić information content (AvgIpc) is 2.69. The Morgan fingerprint density at radius 2 is 2.05 bits per heavy atom. The Hall–Kier alpha value is -1.98. The van der Waals surface area contributed by atoms with Crippen molar-refractivity contribution in [1.29, 1.82) is 0 Å². The van der Waals surface area contributed by atoms with Gasteiger partial charge in [0.1, 0.15) is 5.52 Å². The molecule has 1 fully saturated rings. The van der Waals surface area contributed by atoms with E-state index >= 15 is 0 Å². The van der Waals surface area contributed by atoms with Crippen molar-refractivity contribution in [3.63, 3.8) is 0 Å². The summed E-state index contributed by atoms with van der Waals surface area (Å²) >= 11 is 0. The molecule has 0 spiro atoms. The summed E-state index contributed by atoms with van der Waals surface area (Å²) in [5.74, 6) is -3.35. The van der Waals surface area contributed by atoms with E-state index in [2.05, 4.69) is 10.3 Å². The van der Waals surface area contributed by atoms with Gasteiger partial charge in [0, 0.05) is 18.4 Å². The Balaban J connectivity index is 1.77. The lowest BCUT2D eigenvalue weighted by molar-refractivity contribution is -0.124. The van der Waals surface area contributed by atoms with E-state index in [9.17, 15) is 13.6 Å². The topological polar surface area (TPSA) is 55.1 Å². The number of carbonyl (C=O) groups is 1. The molecule has 0 unspecified atom stereocenters. The highest BCUT2D eigenvalue weighted by Gasteiger charge is 2.54. The second kappa shape index (κ2) is 3.76. The molecular weight excluding hydrogens is 254 g/mol. The summed E-state index contributed by atoms with van der Waals surface area (Å²) in [6.07, 6.45) is -0.710. The predicted octanol–water partition coefficient (Wildman–Crippen LogP) is 2.75. The van der Waals surface area contributed by atoms with Crippen LogP contribution in [0.4, 0.5) is 8.78 Å². The third kappa shape index (κ3) is 2.18. The van der Waals surface area contributed by atoms with Crippen molar-refractivity contribution in [3.05, 3.63) is 30.2 Å². The van der Waals surface area contributed by atoms with E-state index in [-0.39, 0.29) is 18.7 Å². The van der Waals surface area contributed by atoms with Crippen LogP contribution < -0.4 is 5.32 Å². The third-order valence-corrected chi connectivity index (χ3v) is 3.20. The molecule has 1 aliphatic rings. The van der Waals surface area contributed by atoms with Crippen LogP contribution in [0, 0.1) is 0 Å². The average molecular weight is 266 g/mol. The van der Waals surface area contributed by atoms with Gasteiger partial charge in [-0.05, 0) is 19.1 Å². The van der Waals surface area contributed by atoms with E-state index < -0.39 is 17.4 Å². The molecule has 2 aromatic rings. The number of nitrogens with zero attached hydrogens (tertiary/aromatic N) is 1. The molecule has 0 saturated heterocycles. The van der Waals surface area contributed by atoms with Gasteiger partial charge in [-0.2, -0.15) is 0 Å². The lowest BCUT2D eigenvalue weighted by Crippen LogP contribution is -2.60. The van der Waals surface area contributed by atoms with Crippen LogP contribution >= 0.6 is 0 Å². The molecule has 0 atom stereocenters. The van der Waals surface area contributed by atoms with Crippen molar-refractivity contribution < 1.29 is 18.0 Å². The molecule has 1 N–H and O–H groups in total. The van der Waals surface area contributed by atoms with E-state index in [4.69, 9.17) is 4.42 Å². The summed E-state index contributed by atoms with van der Waals surface area (Å²) < 4.78 is 31.0. The number of halogens is 2. The van der Waals surface area contributed by atoms with Crippen LogP contribution in [0.25, 0.3) is 11.1 Å². The number of aromatic nitrogens is 1. The van der Waals surface area contributed by atoms with Gasteiger partial charge in [0.25, 0.3) is 11.8 Å². The highest BCUT2D eigenvalue weighted by molar-refractivity contribution is 5.92. The van der Waals surface area contributed by atoms with Crippen LogP contribution in [-0.4, -0.2) is 22.4 Å². The summed E-state index contributed by atoms with van der Waals surface area (Å²) in [5.41, 5.74) is 0.176. The number of benzene rings is 1. The van der Waals surface area contributed by atoms with Crippen molar-refractivity contribution in [2.24, 2.45) is 0 Å². The Morgan fingerprint density at radius 1 is 1.37 bits per heavy atom. The van der Waals surface area contributed by atoms with Crippen LogP contribution in [-0.2, 0) is 0 Å². The number of hydrogen-bond donors (Lipinski definition) is 1. The van der Waals surface area contributed by atoms with Crippen molar-refractivity contribution in [2.75, 3.05) is 0 Å². The van der Waals surface area contributed by atoms with Gasteiger partial charge in [-0.3, -0.25) is 4.79 Å². The third-order valence-electron chi connectivity index (χ3n) is 3.20. The second-order valence-electron chi connectivity index (χ2n) is 5.21. The number of rotatable bonds is 2. The molecule has 3 rings (SSSR count). The molecule has 19 heavy (non-hydrogen) atoms. The molecule has 1 aliphatic carbocycles. The number of alkyl halides is 2. The zero-order valence-electron chi connectivity index (χ0n) is 10.2. The first kappa shape index (κ1) is 12.1. The monoisotopic (exact) mass is 266 g/mol. The minimum atomic E-state index is -2.69. The van der Waals surface area contributed by atoms with Gasteiger partial charge >= 0.3 is 5.91 Å². The molecule has 0 radical (unpaired) electrons. The van der Waals surface area contributed by atoms with Gasteiger partial charge < -0.3 is 9.73 Å². The first-order valence-corrected chi connectivity index (χ1v) is 5.93. The van der Waals surface area contributed by atoms with E-state index in [0.29, 0.717) is 11.1 Å². The molecule has 6 heteroatoms. The zero-order valence-corrected chi connectivity index (χ0v) is 10.2. The maximum Gasteiger partial charge on any atom is 0.307 e. The van der Waals surface area contributed by atoms with E-state index in [1.54, 1.807) is 31.2 Å². The molecule has 100 valence electrons. The molecule has 1 aromatic carbocycles. The number of carbonyl (C=O) groups excluding carboxylic acids is 1. The van der Waals surface area contributed by atoms with Crippen LogP contribution in [0.15, 0.2) is 28.7 Å². The van der Waals surface area contributed by atoms with E-state index in [0.717, 1.165) is 0 Å². The summed E-state index contributed by atoms with van der Waals surface area (Å²) in [6, 6.07) is 6.95. The Kier molecular flexibility index (Phi) is 2.39. The second-order valence-corrected chi connectivity index (χ2v) is 5.21. The molecule has 1 heterocycles. The quantitative estimate of drug-likeness (QED) is 0.909. The standard InChI is InChI=1S/C13H12F2N2O2/c1-12(6-13(14,15)7-12)17-10(18)11-16-8-4-2-3-5-9(8)19-11/h2-5H,6-7H2,1H3,(H,17,18). The smallest absolute Gasteiger partial charge is 0.307 e. The van der Waals surface area contributed by atoms with Gasteiger partial charge in [-0.15, -0.1) is 0 Å². The van der Waals surface area contributed by atoms with Gasteiger partial charge in [-0.25, -0.2) is 13.8 Å². The van der Waals surface area contributed by atoms with Crippen LogP contribution in [0.1, 0.15) is 30.5 Å². The van der Waals surface area contributed by atoms with Crippen LogP contribution in [0.5, 0.6) is 0 Å². The predicted molar refractivity (Wildman–Crippen MR) is 64.1 cm³/mol. The molecule has 4 nitrogen and oxygen atoms in total. The lowest BCUT2D eigenvalue weighted by atomic mass is 9.75. The molecule has 0 bridgehead atoms. The number of oxazole rings is 1. The number of nitrogens with one attached hydrogen (secondary N) is 1. The van der Waals surface area contributed by atoms with Crippen molar-refractivity contribution in [3.8, 4) is 0 Å². The zero-order chi connectivity index (χ0) is 13.7. The Bertz CT molecular complexity index is 610. The normalized spacial score (nSPS) is 19.9. The molecule has 0 aliphatic heterocycles. The van der Waals surface area contributed by atoms with Crippen LogP contribution in [0.3, 0.4) is 0 Å². The van der Waals surface area contributed by atoms with E-state index in [1.807, 2.05) is 0 Å². The summed E-state index contributed by atoms with van der Waals surface area (Å²) in [5, 5.41) is 2.55. The van der Waals surface area contributed by atoms with Crippen molar-refractivity contribution in [1.82, 2.24) is 10.3 Å². The molecule has 1 saturated carbocycles. The number of para-hydroxylation sites is 2. The van der Waals surface area contributed by atoms with E-state index in [1.165, 1.54) is 0 Å². The van der Waals surface area contributed by atoms with Gasteiger partial charge in [0.15, 0.2) is 5.58 Å². The number of amides is 1. The summed E-state index contributed by atoms with van der Waals surface area (Å²) in [7, 11) is 0. The molecule has 1 aromatic heterocycles. The first-order valence-electron chi connectivity index (χ1n) is 5.93. The Labute approximate surface area is 107 Å². The molecule has 1 amide bonds. The fourth-order valence-electron chi connectivity index (χ4n) is 2.48. The minimum absolute atomic E-state index is 0.0994. The maximum absolute atomic E-state index is 12.9. The van der Waals surface area contributed by atoms with Gasteiger partial charge in [-0.1, -0.05) is 12.1 Å². The van der Waals surface area contributed by atoms with Gasteiger partial charge in [0.05, 0.1) is 0 Å². The van der Waals surface area contributed by atoms with Crippen LogP contribution in [0.2, 0.25) is 0 Å². The first-order chi connectivity index (χ1) is 8.87. The molecular formula is C13H12F2N2O2. The highest BCUT2D eigenvalue weighted by atomic mass is 19.3. The SMILES string of the molecule is CC1(NC(=O)c2nc3ccccc3o2)CC(F)(F)C1.